The molecule has 0 unspecified atom stereocenters. The van der Waals surface area contributed by atoms with E-state index in [4.69, 9.17) is 6.11 Å². The van der Waals surface area contributed by atoms with Gasteiger partial charge in [-0.1, -0.05) is 13.8 Å². The van der Waals surface area contributed by atoms with Crippen molar-refractivity contribution >= 4 is 5.91 Å². The molecule has 2 aliphatic heterocycles. The molecule has 0 aromatic heterocycles. The van der Waals surface area contributed by atoms with E-state index in [2.05, 4.69) is 0 Å². The van der Waals surface area contributed by atoms with Crippen LogP contribution in [0.25, 0.3) is 0 Å². The van der Waals surface area contributed by atoms with E-state index in [0.29, 0.717) is 6.42 Å². The summed E-state index contributed by atoms with van der Waals surface area (Å²) in [6, 6.07) is -0.788. The number of hydrogen-bond acceptors (Lipinski definition) is 2. The second-order valence-corrected chi connectivity index (χ2v) is 4.38. The van der Waals surface area contributed by atoms with Crippen LogP contribution in [-0.4, -0.2) is 41.8 Å². The van der Waals surface area contributed by atoms with Gasteiger partial charge in [0, 0.05) is 5.92 Å². The first-order chi connectivity index (χ1) is 7.73. The highest BCUT2D eigenvalue weighted by Gasteiger charge is 2.60. The lowest BCUT2D eigenvalue weighted by Crippen LogP contribution is -2.50. The maximum Gasteiger partial charge on any atom is 0.471 e. The van der Waals surface area contributed by atoms with Crippen LogP contribution in [0.2, 0.25) is 0 Å². The summed E-state index contributed by atoms with van der Waals surface area (Å²) in [7, 11) is 0. The molecule has 3 nitrogen and oxygen atoms in total. The summed E-state index contributed by atoms with van der Waals surface area (Å²) in [5.74, 6) is -2.09. The number of rotatable bonds is 1. The van der Waals surface area contributed by atoms with Crippen molar-refractivity contribution in [3.05, 3.63) is 0 Å². The Labute approximate surface area is 92.9 Å². The Morgan fingerprint density at radius 1 is 1.69 bits per heavy atom. The Morgan fingerprint density at radius 3 is 2.75 bits per heavy atom. The Balaban J connectivity index is 2.28. The molecule has 0 aromatic rings. The van der Waals surface area contributed by atoms with Crippen molar-refractivity contribution in [3.63, 3.8) is 0 Å². The van der Waals surface area contributed by atoms with E-state index in [1.807, 2.05) is 0 Å². The van der Waals surface area contributed by atoms with Crippen LogP contribution in [0.4, 0.5) is 13.2 Å². The summed E-state index contributed by atoms with van der Waals surface area (Å²) >= 11 is 0. The third-order valence-corrected chi connectivity index (χ3v) is 3.68. The Hall–Kier alpha value is -0.780. The van der Waals surface area contributed by atoms with Crippen LogP contribution >= 0.6 is 0 Å². The maximum atomic E-state index is 12.4. The van der Waals surface area contributed by atoms with Crippen molar-refractivity contribution in [1.29, 1.82) is 0 Å². The number of ether oxygens (including phenoxy) is 1. The highest BCUT2D eigenvalue weighted by atomic mass is 19.4. The summed E-state index contributed by atoms with van der Waals surface area (Å²) < 4.78 is 50.3. The summed E-state index contributed by atoms with van der Waals surface area (Å²) in [4.78, 5) is 12.0. The lowest BCUT2D eigenvalue weighted by molar-refractivity contribution is -0.191. The molecule has 2 heterocycles. The van der Waals surface area contributed by atoms with Crippen molar-refractivity contribution < 1.29 is 24.1 Å². The molecule has 0 saturated carbocycles. The van der Waals surface area contributed by atoms with Gasteiger partial charge >= 0.3 is 12.1 Å². The summed E-state index contributed by atoms with van der Waals surface area (Å²) in [5, 5.41) is 0. The fourth-order valence-electron chi connectivity index (χ4n) is 2.55. The van der Waals surface area contributed by atoms with Crippen LogP contribution in [-0.2, 0) is 9.53 Å². The molecule has 0 aromatic carbocycles. The van der Waals surface area contributed by atoms with E-state index < -0.39 is 30.3 Å². The normalized spacial score (nSPS) is 43.7. The number of alkyl halides is 3. The van der Waals surface area contributed by atoms with Crippen molar-refractivity contribution in [3.8, 4) is 0 Å². The monoisotopic (exact) mass is 239 g/mol. The zero-order valence-corrected chi connectivity index (χ0v) is 9.04. The molecule has 0 spiro atoms. The molecule has 92 valence electrons. The molecule has 4 atom stereocenters. The van der Waals surface area contributed by atoms with Crippen LogP contribution in [0, 0.1) is 5.92 Å². The van der Waals surface area contributed by atoms with Gasteiger partial charge in [-0.15, -0.1) is 0 Å². The number of fused-ring (bicyclic) bond motifs is 2. The molecule has 2 fully saturated rings. The Bertz CT molecular complexity index is 349. The number of halogens is 3. The minimum atomic E-state index is -4.88. The third-order valence-electron chi connectivity index (χ3n) is 3.68. The first kappa shape index (κ1) is 10.4. The minimum absolute atomic E-state index is 0.0664. The van der Waals surface area contributed by atoms with Crippen LogP contribution < -0.4 is 0 Å². The van der Waals surface area contributed by atoms with E-state index in [9.17, 15) is 18.0 Å². The van der Waals surface area contributed by atoms with E-state index in [0.717, 1.165) is 4.90 Å². The van der Waals surface area contributed by atoms with E-state index in [1.165, 1.54) is 0 Å². The average molecular weight is 239 g/mol. The fraction of sp³-hybridized carbons (Fsp3) is 0.900. The van der Waals surface area contributed by atoms with Crippen molar-refractivity contribution in [2.45, 2.75) is 38.1 Å². The van der Waals surface area contributed by atoms with Gasteiger partial charge in [-0.25, -0.2) is 0 Å². The molecular weight excluding hydrogens is 223 g/mol. The molecule has 1 amide bonds. The van der Waals surface area contributed by atoms with Gasteiger partial charge in [0.2, 0.25) is 0 Å². The van der Waals surface area contributed by atoms with Crippen LogP contribution in [0.15, 0.2) is 0 Å². The SMILES string of the molecule is [3H][C@@H]1O[C@@]2(CC)CN(C(=O)C(F)(F)F)[C@@H]1[C@@H]2C. The van der Waals surface area contributed by atoms with E-state index >= 15 is 0 Å². The molecule has 2 bridgehead atoms. The molecular formula is C10H14F3NO2. The lowest BCUT2D eigenvalue weighted by Gasteiger charge is -2.32. The van der Waals surface area contributed by atoms with Crippen molar-refractivity contribution in [2.24, 2.45) is 5.92 Å². The molecule has 2 aliphatic rings. The number of nitrogens with zero attached hydrogens (tertiary/aromatic N) is 1. The minimum Gasteiger partial charge on any atom is -0.371 e. The van der Waals surface area contributed by atoms with Gasteiger partial charge in [-0.05, 0) is 6.42 Å². The third kappa shape index (κ3) is 1.43. The number of morpholine rings is 1. The second-order valence-electron chi connectivity index (χ2n) is 4.38. The Morgan fingerprint density at radius 2 is 2.31 bits per heavy atom. The molecule has 0 aliphatic carbocycles. The highest BCUT2D eigenvalue weighted by Crippen LogP contribution is 2.45. The first-order valence-corrected chi connectivity index (χ1v) is 5.21. The smallest absolute Gasteiger partial charge is 0.371 e. The zero-order chi connectivity index (χ0) is 13.0. The summed E-state index contributed by atoms with van der Waals surface area (Å²) in [5.41, 5.74) is -0.780. The van der Waals surface area contributed by atoms with Gasteiger partial charge in [-0.2, -0.15) is 13.2 Å². The number of carbonyl (C=O) groups excluding carboxylic acids is 1. The van der Waals surface area contributed by atoms with Gasteiger partial charge in [0.1, 0.15) is 0 Å². The quantitative estimate of drug-likeness (QED) is 0.695. The molecule has 16 heavy (non-hydrogen) atoms. The molecule has 0 N–H and O–H groups in total. The van der Waals surface area contributed by atoms with E-state index in [1.54, 1.807) is 13.8 Å². The molecule has 0 radical (unpaired) electrons. The molecule has 2 rings (SSSR count). The number of amides is 1. The zero-order valence-electron chi connectivity index (χ0n) is 10.0. The standard InChI is InChI=1S/C10H14F3NO2/c1-3-9-5-14(8(15)10(11,12)13)7(4-16-9)6(9)2/h6-7H,3-5H2,1-2H3/t6-,7-,9-/m0/s1/i4T/t4-,6-,7-,9-. The van der Waals surface area contributed by atoms with Crippen LogP contribution in [0.1, 0.15) is 21.6 Å². The fourth-order valence-corrected chi connectivity index (χ4v) is 2.55. The van der Waals surface area contributed by atoms with Crippen LogP contribution in [0.5, 0.6) is 0 Å². The summed E-state index contributed by atoms with van der Waals surface area (Å²) in [6.07, 6.45) is -4.37. The predicted molar refractivity (Wildman–Crippen MR) is 49.7 cm³/mol. The first-order valence-electron chi connectivity index (χ1n) is 5.78. The topological polar surface area (TPSA) is 29.5 Å². The van der Waals surface area contributed by atoms with Gasteiger partial charge in [0.15, 0.2) is 0 Å². The predicted octanol–water partition coefficient (Wildman–Crippen LogP) is 1.57. The lowest BCUT2D eigenvalue weighted by atomic mass is 9.89. The largest absolute Gasteiger partial charge is 0.471 e. The number of likely N-dealkylation sites (tertiary alicyclic amines) is 1. The summed E-state index contributed by atoms with van der Waals surface area (Å²) in [6.45, 7) is 2.40. The van der Waals surface area contributed by atoms with Gasteiger partial charge in [-0.3, -0.25) is 4.79 Å². The maximum absolute atomic E-state index is 12.4. The molecule has 2 saturated heterocycles. The highest BCUT2D eigenvalue weighted by molar-refractivity contribution is 5.82. The number of carbonyl (C=O) groups is 1. The van der Waals surface area contributed by atoms with Gasteiger partial charge < -0.3 is 9.64 Å². The average Bonchev–Trinajstić information content (AvgIpc) is 2.64. The van der Waals surface area contributed by atoms with Gasteiger partial charge in [0.05, 0.1) is 26.1 Å². The van der Waals surface area contributed by atoms with Crippen molar-refractivity contribution in [1.82, 2.24) is 4.90 Å². The van der Waals surface area contributed by atoms with Crippen LogP contribution in [0.3, 0.4) is 0 Å². The van der Waals surface area contributed by atoms with Gasteiger partial charge in [0.25, 0.3) is 0 Å². The van der Waals surface area contributed by atoms with Crippen molar-refractivity contribution in [2.75, 3.05) is 13.1 Å². The van der Waals surface area contributed by atoms with E-state index in [-0.39, 0.29) is 12.5 Å². The molecule has 6 heteroatoms. The number of hydrogen-bond donors (Lipinski definition) is 0. The Kier molecular flexibility index (Phi) is 2.18. The second kappa shape index (κ2) is 3.35.